The second kappa shape index (κ2) is 14.5. The summed E-state index contributed by atoms with van der Waals surface area (Å²) in [5, 5.41) is 7.51. The number of benzene rings is 1. The number of hydrogen-bond donors (Lipinski definition) is 0. The number of nitriles is 1. The van der Waals surface area contributed by atoms with Crippen LogP contribution >= 0.6 is 0 Å². The van der Waals surface area contributed by atoms with Crippen molar-refractivity contribution in [3.05, 3.63) is 66.8 Å². The maximum absolute atomic E-state index is 10.2. The van der Waals surface area contributed by atoms with Crippen molar-refractivity contribution in [2.45, 2.75) is 13.8 Å². The number of carbonyl (C=O) groups excluding carboxylic acids is 1. The Bertz CT molecular complexity index is 468. The highest BCUT2D eigenvalue weighted by molar-refractivity contribution is 5.86. The van der Waals surface area contributed by atoms with Crippen LogP contribution in [0.1, 0.15) is 19.4 Å². The molecule has 0 radical (unpaired) electrons. The highest BCUT2D eigenvalue weighted by Crippen LogP contribution is 1.99. The van der Waals surface area contributed by atoms with E-state index in [1.807, 2.05) is 31.2 Å². The molecule has 0 heterocycles. The summed E-state index contributed by atoms with van der Waals surface area (Å²) in [6, 6.07) is 12.0. The van der Waals surface area contributed by atoms with E-state index >= 15 is 0 Å². The van der Waals surface area contributed by atoms with E-state index in [4.69, 9.17) is 5.26 Å². The van der Waals surface area contributed by atoms with Gasteiger partial charge in [-0.15, -0.1) is 0 Å². The fraction of sp³-hybridized carbons (Fsp3) is 0.176. The van der Waals surface area contributed by atoms with Crippen molar-refractivity contribution in [1.82, 2.24) is 0 Å². The molecule has 3 nitrogen and oxygen atoms in total. The predicted octanol–water partition coefficient (Wildman–Crippen LogP) is 4.15. The molecule has 0 aliphatic heterocycles. The fourth-order valence-electron chi connectivity index (χ4n) is 0.931. The zero-order valence-electron chi connectivity index (χ0n) is 12.3. The summed E-state index contributed by atoms with van der Waals surface area (Å²) in [4.78, 5) is 10.2. The van der Waals surface area contributed by atoms with Gasteiger partial charge in [0.1, 0.15) is 0 Å². The van der Waals surface area contributed by atoms with Crippen LogP contribution in [0.15, 0.2) is 61.2 Å². The molecule has 0 saturated carbocycles. The Balaban J connectivity index is 0. The van der Waals surface area contributed by atoms with Crippen molar-refractivity contribution in [1.29, 1.82) is 5.26 Å². The SMILES string of the molecule is C=C(C)C(=O)OC.C=CC#N.CC=Cc1ccccc1. The molecule has 3 heteroatoms. The van der Waals surface area contributed by atoms with Gasteiger partial charge in [-0.3, -0.25) is 0 Å². The average Bonchev–Trinajstić information content (AvgIpc) is 2.48. The molecule has 0 aliphatic carbocycles. The molecule has 1 rings (SSSR count). The lowest BCUT2D eigenvalue weighted by atomic mass is 10.2. The zero-order chi connectivity index (χ0) is 15.8. The van der Waals surface area contributed by atoms with Crippen molar-refractivity contribution in [3.8, 4) is 6.07 Å². The molecule has 0 atom stereocenters. The lowest BCUT2D eigenvalue weighted by Crippen LogP contribution is -1.98. The van der Waals surface area contributed by atoms with Gasteiger partial charge < -0.3 is 4.74 Å². The summed E-state index contributed by atoms with van der Waals surface area (Å²) >= 11 is 0. The summed E-state index contributed by atoms with van der Waals surface area (Å²) in [5.74, 6) is -0.347. The predicted molar refractivity (Wildman–Crippen MR) is 83.8 cm³/mol. The molecule has 106 valence electrons. The van der Waals surface area contributed by atoms with Gasteiger partial charge in [0.25, 0.3) is 0 Å². The minimum atomic E-state index is -0.347. The normalized spacial score (nSPS) is 8.10. The van der Waals surface area contributed by atoms with Crippen LogP contribution in [0.3, 0.4) is 0 Å². The van der Waals surface area contributed by atoms with Crippen LogP contribution in [-0.2, 0) is 9.53 Å². The Kier molecular flexibility index (Phi) is 14.3. The molecule has 0 aliphatic rings. The number of ether oxygens (including phenoxy) is 1. The Hall–Kier alpha value is -2.60. The van der Waals surface area contributed by atoms with E-state index in [2.05, 4.69) is 36.1 Å². The quantitative estimate of drug-likeness (QED) is 0.461. The van der Waals surface area contributed by atoms with Crippen LogP contribution in [0.2, 0.25) is 0 Å². The summed E-state index contributed by atoms with van der Waals surface area (Å²) in [6.07, 6.45) is 5.30. The molecule has 1 aromatic rings. The molecule has 0 spiro atoms. The number of rotatable bonds is 2. The van der Waals surface area contributed by atoms with Crippen molar-refractivity contribution < 1.29 is 9.53 Å². The first-order chi connectivity index (χ1) is 9.53. The van der Waals surface area contributed by atoms with E-state index in [-0.39, 0.29) is 5.97 Å². The summed E-state index contributed by atoms with van der Waals surface area (Å²) in [6.45, 7) is 10.1. The van der Waals surface area contributed by atoms with Crippen LogP contribution in [-0.4, -0.2) is 13.1 Å². The number of carbonyl (C=O) groups is 1. The summed E-state index contributed by atoms with van der Waals surface area (Å²) in [7, 11) is 1.33. The van der Waals surface area contributed by atoms with Crippen LogP contribution in [0, 0.1) is 11.3 Å². The maximum Gasteiger partial charge on any atom is 0.332 e. The number of hydrogen-bond acceptors (Lipinski definition) is 3. The third kappa shape index (κ3) is 13.5. The molecule has 0 N–H and O–H groups in total. The van der Waals surface area contributed by atoms with Crippen molar-refractivity contribution in [2.75, 3.05) is 7.11 Å². The summed E-state index contributed by atoms with van der Waals surface area (Å²) < 4.78 is 4.27. The monoisotopic (exact) mass is 271 g/mol. The molecule has 20 heavy (non-hydrogen) atoms. The fourth-order valence-corrected chi connectivity index (χ4v) is 0.931. The van der Waals surface area contributed by atoms with Gasteiger partial charge in [-0.25, -0.2) is 4.79 Å². The van der Waals surface area contributed by atoms with E-state index in [0.717, 1.165) is 0 Å². The van der Waals surface area contributed by atoms with Gasteiger partial charge in [-0.05, 0) is 19.4 Å². The van der Waals surface area contributed by atoms with Crippen LogP contribution in [0.25, 0.3) is 6.08 Å². The second-order valence-electron chi connectivity index (χ2n) is 3.52. The largest absolute Gasteiger partial charge is 0.466 e. The van der Waals surface area contributed by atoms with Crippen LogP contribution in [0.4, 0.5) is 0 Å². The van der Waals surface area contributed by atoms with E-state index < -0.39 is 0 Å². The zero-order valence-corrected chi connectivity index (χ0v) is 12.3. The van der Waals surface area contributed by atoms with Crippen molar-refractivity contribution >= 4 is 12.0 Å². The third-order valence-corrected chi connectivity index (χ3v) is 1.78. The Labute approximate surface area is 121 Å². The first-order valence-electron chi connectivity index (χ1n) is 5.95. The van der Waals surface area contributed by atoms with Gasteiger partial charge in [-0.2, -0.15) is 5.26 Å². The highest BCUT2D eigenvalue weighted by atomic mass is 16.5. The van der Waals surface area contributed by atoms with Gasteiger partial charge in [0, 0.05) is 11.6 Å². The summed E-state index contributed by atoms with van der Waals surface area (Å²) in [5.41, 5.74) is 1.70. The smallest absolute Gasteiger partial charge is 0.332 e. The van der Waals surface area contributed by atoms with E-state index in [0.29, 0.717) is 5.57 Å². The molecule has 1 aromatic carbocycles. The number of nitrogens with zero attached hydrogens (tertiary/aromatic N) is 1. The molecule has 0 amide bonds. The van der Waals surface area contributed by atoms with Crippen molar-refractivity contribution in [3.63, 3.8) is 0 Å². The first-order valence-corrected chi connectivity index (χ1v) is 5.95. The van der Waals surface area contributed by atoms with Crippen molar-refractivity contribution in [2.24, 2.45) is 0 Å². The van der Waals surface area contributed by atoms with E-state index in [9.17, 15) is 4.79 Å². The molecule has 0 bridgehead atoms. The lowest BCUT2D eigenvalue weighted by molar-refractivity contribution is -0.136. The van der Waals surface area contributed by atoms with Gasteiger partial charge in [0.05, 0.1) is 13.2 Å². The molecule has 0 aromatic heterocycles. The Morgan fingerprint density at radius 3 is 2.10 bits per heavy atom. The second-order valence-corrected chi connectivity index (χ2v) is 3.52. The Morgan fingerprint density at radius 1 is 1.35 bits per heavy atom. The van der Waals surface area contributed by atoms with Gasteiger partial charge in [0.2, 0.25) is 0 Å². The molecular weight excluding hydrogens is 250 g/mol. The minimum Gasteiger partial charge on any atom is -0.466 e. The minimum absolute atomic E-state index is 0.347. The molecule has 0 fully saturated rings. The van der Waals surface area contributed by atoms with Gasteiger partial charge in [0.15, 0.2) is 0 Å². The molecule has 0 unspecified atom stereocenters. The highest BCUT2D eigenvalue weighted by Gasteiger charge is 1.95. The topological polar surface area (TPSA) is 50.1 Å². The van der Waals surface area contributed by atoms with Gasteiger partial charge >= 0.3 is 5.97 Å². The van der Waals surface area contributed by atoms with Gasteiger partial charge in [-0.1, -0.05) is 55.6 Å². The van der Waals surface area contributed by atoms with E-state index in [1.54, 1.807) is 13.0 Å². The van der Waals surface area contributed by atoms with E-state index in [1.165, 1.54) is 18.7 Å². The lowest BCUT2D eigenvalue weighted by Gasteiger charge is -1.91. The molecule has 0 saturated heterocycles. The standard InChI is InChI=1S/C9H10.C5H8O2.C3H3N/c1-2-6-9-7-4-3-5-8-9;1-4(2)5(6)7-3;1-2-3-4/h2-8H,1H3;1H2,2-3H3;2H,1H2. The first kappa shape index (κ1) is 19.7. The number of allylic oxidation sites excluding steroid dienone is 2. The third-order valence-electron chi connectivity index (χ3n) is 1.78. The Morgan fingerprint density at radius 2 is 1.85 bits per heavy atom. The molecular formula is C17H21NO2. The maximum atomic E-state index is 10.2. The number of methoxy groups -OCH3 is 1. The average molecular weight is 271 g/mol. The number of esters is 1. The van der Waals surface area contributed by atoms with Crippen LogP contribution < -0.4 is 0 Å². The van der Waals surface area contributed by atoms with Crippen LogP contribution in [0.5, 0.6) is 0 Å².